The Morgan fingerprint density at radius 3 is 2.72 bits per heavy atom. The Bertz CT molecular complexity index is 331. The number of aliphatic hydroxyl groups excluding tert-OH is 1. The fraction of sp³-hybridized carbons (Fsp3) is 0.571. The van der Waals surface area contributed by atoms with Crippen molar-refractivity contribution in [1.29, 1.82) is 0 Å². The van der Waals surface area contributed by atoms with Gasteiger partial charge in [0.25, 0.3) is 0 Å². The minimum Gasteiger partial charge on any atom is -0.391 e. The third-order valence-electron chi connectivity index (χ3n) is 2.64. The lowest BCUT2D eigenvalue weighted by Gasteiger charge is -2.10. The van der Waals surface area contributed by atoms with Crippen LogP contribution >= 0.6 is 0 Å². The number of nitrogens with one attached hydrogen (secondary N) is 1. The molecule has 0 aliphatic rings. The highest BCUT2D eigenvalue weighted by molar-refractivity contribution is 5.22. The zero-order chi connectivity index (χ0) is 13.2. The topological polar surface area (TPSA) is 50.7 Å². The second kappa shape index (κ2) is 9.05. The third-order valence-corrected chi connectivity index (χ3v) is 2.64. The second-order valence-electron chi connectivity index (χ2n) is 4.33. The first-order valence-electron chi connectivity index (χ1n) is 6.20. The molecule has 0 bridgehead atoms. The van der Waals surface area contributed by atoms with Crippen molar-refractivity contribution < 1.29 is 14.6 Å². The van der Waals surface area contributed by atoms with E-state index in [0.29, 0.717) is 19.6 Å². The minimum atomic E-state index is -0.387. The van der Waals surface area contributed by atoms with Crippen LogP contribution < -0.4 is 5.32 Å². The molecule has 0 heterocycles. The summed E-state index contributed by atoms with van der Waals surface area (Å²) < 4.78 is 9.97. The summed E-state index contributed by atoms with van der Waals surface area (Å²) in [5.74, 6) is 0. The maximum atomic E-state index is 9.48. The van der Waals surface area contributed by atoms with Crippen molar-refractivity contribution in [1.82, 2.24) is 5.32 Å². The summed E-state index contributed by atoms with van der Waals surface area (Å²) in [6.45, 7) is 2.61. The van der Waals surface area contributed by atoms with Crippen LogP contribution in [0.1, 0.15) is 17.5 Å². The number of ether oxygens (including phenoxy) is 2. The Morgan fingerprint density at radius 1 is 1.22 bits per heavy atom. The van der Waals surface area contributed by atoms with Gasteiger partial charge in [0.2, 0.25) is 0 Å². The molecule has 0 saturated carbocycles. The number of hydrogen-bond donors (Lipinski definition) is 2. The van der Waals surface area contributed by atoms with Crippen LogP contribution in [0.5, 0.6) is 0 Å². The van der Waals surface area contributed by atoms with Gasteiger partial charge in [0, 0.05) is 20.8 Å². The Kier molecular flexibility index (Phi) is 7.60. The van der Waals surface area contributed by atoms with E-state index >= 15 is 0 Å². The number of benzene rings is 1. The summed E-state index contributed by atoms with van der Waals surface area (Å²) in [4.78, 5) is 0. The standard InChI is InChI=1S/C14H23NO3/c1-17-10-13-5-3-4-12(8-13)9-15-7-6-14(16)11-18-2/h3-5,8,14-16H,6-7,9-11H2,1-2H3. The lowest BCUT2D eigenvalue weighted by Crippen LogP contribution is -2.23. The van der Waals surface area contributed by atoms with Crippen LogP contribution in [0.3, 0.4) is 0 Å². The van der Waals surface area contributed by atoms with Crippen molar-refractivity contribution >= 4 is 0 Å². The molecular formula is C14H23NO3. The molecule has 18 heavy (non-hydrogen) atoms. The van der Waals surface area contributed by atoms with Crippen molar-refractivity contribution in [3.8, 4) is 0 Å². The van der Waals surface area contributed by atoms with Gasteiger partial charge in [-0.2, -0.15) is 0 Å². The molecule has 1 aromatic rings. The number of rotatable bonds is 9. The van der Waals surface area contributed by atoms with E-state index in [1.54, 1.807) is 14.2 Å². The zero-order valence-corrected chi connectivity index (χ0v) is 11.2. The molecule has 2 N–H and O–H groups in total. The van der Waals surface area contributed by atoms with Crippen molar-refractivity contribution in [2.45, 2.75) is 25.7 Å². The van der Waals surface area contributed by atoms with Crippen molar-refractivity contribution in [2.75, 3.05) is 27.4 Å². The first-order valence-corrected chi connectivity index (χ1v) is 6.20. The van der Waals surface area contributed by atoms with Gasteiger partial charge in [-0.3, -0.25) is 0 Å². The molecule has 1 rings (SSSR count). The summed E-state index contributed by atoms with van der Waals surface area (Å²) in [5, 5.41) is 12.8. The molecule has 4 heteroatoms. The average molecular weight is 253 g/mol. The Balaban J connectivity index is 2.24. The molecule has 0 aromatic heterocycles. The van der Waals surface area contributed by atoms with Gasteiger partial charge in [-0.15, -0.1) is 0 Å². The minimum absolute atomic E-state index is 0.387. The lowest BCUT2D eigenvalue weighted by molar-refractivity contribution is 0.0594. The Morgan fingerprint density at radius 2 is 2.00 bits per heavy atom. The highest BCUT2D eigenvalue weighted by atomic mass is 16.5. The van der Waals surface area contributed by atoms with E-state index in [1.807, 2.05) is 6.07 Å². The van der Waals surface area contributed by atoms with Crippen LogP contribution in [0.4, 0.5) is 0 Å². The quantitative estimate of drug-likeness (QED) is 0.652. The maximum Gasteiger partial charge on any atom is 0.0785 e. The molecular weight excluding hydrogens is 230 g/mol. The van der Waals surface area contributed by atoms with Gasteiger partial charge in [-0.1, -0.05) is 24.3 Å². The molecule has 0 spiro atoms. The second-order valence-corrected chi connectivity index (χ2v) is 4.33. The van der Waals surface area contributed by atoms with Crippen LogP contribution in [0.15, 0.2) is 24.3 Å². The zero-order valence-electron chi connectivity index (χ0n) is 11.2. The van der Waals surface area contributed by atoms with E-state index in [-0.39, 0.29) is 6.10 Å². The van der Waals surface area contributed by atoms with Crippen LogP contribution in [0, 0.1) is 0 Å². The molecule has 1 aromatic carbocycles. The summed E-state index contributed by atoms with van der Waals surface area (Å²) in [7, 11) is 3.29. The molecule has 0 amide bonds. The molecule has 0 aliphatic heterocycles. The molecule has 4 nitrogen and oxygen atoms in total. The van der Waals surface area contributed by atoms with E-state index in [2.05, 4.69) is 23.5 Å². The molecule has 102 valence electrons. The normalized spacial score (nSPS) is 12.6. The lowest BCUT2D eigenvalue weighted by atomic mass is 10.1. The molecule has 1 unspecified atom stereocenters. The molecule has 0 saturated heterocycles. The number of hydrogen-bond acceptors (Lipinski definition) is 4. The monoisotopic (exact) mass is 253 g/mol. The van der Waals surface area contributed by atoms with Gasteiger partial charge in [-0.25, -0.2) is 0 Å². The fourth-order valence-electron chi connectivity index (χ4n) is 1.77. The van der Waals surface area contributed by atoms with Gasteiger partial charge >= 0.3 is 0 Å². The van der Waals surface area contributed by atoms with Crippen LogP contribution in [-0.4, -0.2) is 38.6 Å². The van der Waals surface area contributed by atoms with Gasteiger partial charge < -0.3 is 19.9 Å². The predicted octanol–water partition coefficient (Wildman–Crippen LogP) is 1.32. The fourth-order valence-corrected chi connectivity index (χ4v) is 1.77. The van der Waals surface area contributed by atoms with Gasteiger partial charge in [0.1, 0.15) is 0 Å². The SMILES string of the molecule is COCc1cccc(CNCCC(O)COC)c1. The van der Waals surface area contributed by atoms with E-state index in [0.717, 1.165) is 13.1 Å². The highest BCUT2D eigenvalue weighted by Crippen LogP contribution is 2.06. The maximum absolute atomic E-state index is 9.48. The Hall–Kier alpha value is -0.940. The molecule has 0 aliphatic carbocycles. The van der Waals surface area contributed by atoms with Crippen LogP contribution in [-0.2, 0) is 22.6 Å². The summed E-state index contributed by atoms with van der Waals surface area (Å²) in [6.07, 6.45) is 0.313. The van der Waals surface area contributed by atoms with E-state index in [1.165, 1.54) is 11.1 Å². The van der Waals surface area contributed by atoms with Gasteiger partial charge in [0.15, 0.2) is 0 Å². The molecule has 1 atom stereocenters. The Labute approximate surface area is 109 Å². The van der Waals surface area contributed by atoms with E-state index < -0.39 is 0 Å². The first kappa shape index (κ1) is 15.1. The summed E-state index contributed by atoms with van der Waals surface area (Å²) in [5.41, 5.74) is 2.40. The van der Waals surface area contributed by atoms with Crippen molar-refractivity contribution in [2.24, 2.45) is 0 Å². The van der Waals surface area contributed by atoms with Crippen molar-refractivity contribution in [3.05, 3.63) is 35.4 Å². The number of methoxy groups -OCH3 is 2. The number of aliphatic hydroxyl groups is 1. The van der Waals surface area contributed by atoms with Gasteiger partial charge in [-0.05, 0) is 24.1 Å². The van der Waals surface area contributed by atoms with Crippen LogP contribution in [0.2, 0.25) is 0 Å². The van der Waals surface area contributed by atoms with Crippen molar-refractivity contribution in [3.63, 3.8) is 0 Å². The summed E-state index contributed by atoms with van der Waals surface area (Å²) >= 11 is 0. The van der Waals surface area contributed by atoms with E-state index in [9.17, 15) is 5.11 Å². The smallest absolute Gasteiger partial charge is 0.0785 e. The average Bonchev–Trinajstić information content (AvgIpc) is 2.36. The molecule has 0 fully saturated rings. The summed E-state index contributed by atoms with van der Waals surface area (Å²) in [6, 6.07) is 8.29. The van der Waals surface area contributed by atoms with Crippen LogP contribution in [0.25, 0.3) is 0 Å². The predicted molar refractivity (Wildman–Crippen MR) is 71.4 cm³/mol. The van der Waals surface area contributed by atoms with Gasteiger partial charge in [0.05, 0.1) is 19.3 Å². The van der Waals surface area contributed by atoms with E-state index in [4.69, 9.17) is 9.47 Å². The third kappa shape index (κ3) is 6.12. The largest absolute Gasteiger partial charge is 0.391 e. The first-order chi connectivity index (χ1) is 8.76. The molecule has 0 radical (unpaired) electrons. The highest BCUT2D eigenvalue weighted by Gasteiger charge is 2.02.